The van der Waals surface area contributed by atoms with E-state index in [9.17, 15) is 14.0 Å². The van der Waals surface area contributed by atoms with Crippen molar-refractivity contribution in [2.45, 2.75) is 19.9 Å². The molecule has 0 spiro atoms. The first-order valence-corrected chi connectivity index (χ1v) is 12.2. The van der Waals surface area contributed by atoms with Crippen LogP contribution in [0.3, 0.4) is 0 Å². The first-order valence-electron chi connectivity index (χ1n) is 12.2. The van der Waals surface area contributed by atoms with E-state index in [1.807, 2.05) is 31.3 Å². The number of halogens is 1. The minimum Gasteiger partial charge on any atom is -0.368 e. The van der Waals surface area contributed by atoms with Crippen LogP contribution in [0.2, 0.25) is 0 Å². The van der Waals surface area contributed by atoms with Gasteiger partial charge in [0.1, 0.15) is 11.5 Å². The number of fused-ring (bicyclic) bond motifs is 1. The van der Waals surface area contributed by atoms with Crippen molar-refractivity contribution in [1.29, 1.82) is 0 Å². The summed E-state index contributed by atoms with van der Waals surface area (Å²) in [4.78, 5) is 40.9. The Morgan fingerprint density at radius 3 is 2.62 bits per heavy atom. The van der Waals surface area contributed by atoms with E-state index in [1.54, 1.807) is 24.4 Å². The fraction of sp³-hybridized carbons (Fsp3) is 0.259. The summed E-state index contributed by atoms with van der Waals surface area (Å²) >= 11 is 0. The second-order valence-corrected chi connectivity index (χ2v) is 9.01. The molecule has 1 aromatic carbocycles. The largest absolute Gasteiger partial charge is 0.368 e. The molecular weight excluding hydrogens is 473 g/mol. The summed E-state index contributed by atoms with van der Waals surface area (Å²) < 4.78 is 13.3. The van der Waals surface area contributed by atoms with Crippen molar-refractivity contribution < 1.29 is 9.18 Å². The molecule has 1 aliphatic rings. The van der Waals surface area contributed by atoms with Crippen LogP contribution in [-0.2, 0) is 13.0 Å². The van der Waals surface area contributed by atoms with Gasteiger partial charge in [0.25, 0.3) is 11.5 Å². The number of aromatic nitrogens is 3. The van der Waals surface area contributed by atoms with E-state index < -0.39 is 11.7 Å². The van der Waals surface area contributed by atoms with E-state index in [1.165, 1.54) is 12.1 Å². The molecule has 3 aromatic heterocycles. The molecule has 1 amide bonds. The lowest BCUT2D eigenvalue weighted by Crippen LogP contribution is -2.46. The van der Waals surface area contributed by atoms with E-state index >= 15 is 0 Å². The number of benzene rings is 1. The van der Waals surface area contributed by atoms with Crippen LogP contribution in [0.4, 0.5) is 15.8 Å². The van der Waals surface area contributed by atoms with Gasteiger partial charge in [-0.25, -0.2) is 9.37 Å². The molecule has 0 saturated carbocycles. The van der Waals surface area contributed by atoms with Gasteiger partial charge in [0.15, 0.2) is 0 Å². The second kappa shape index (κ2) is 10.8. The zero-order chi connectivity index (χ0) is 25.8. The number of aryl methyl sites for hydroxylation is 1. The number of hydrogen-bond donors (Lipinski definition) is 3. The summed E-state index contributed by atoms with van der Waals surface area (Å²) in [6.07, 6.45) is 4.25. The predicted molar refractivity (Wildman–Crippen MR) is 141 cm³/mol. The molecule has 190 valence electrons. The van der Waals surface area contributed by atoms with E-state index in [0.717, 1.165) is 60.6 Å². The Balaban J connectivity index is 1.14. The van der Waals surface area contributed by atoms with Crippen LogP contribution in [0.15, 0.2) is 65.7 Å². The van der Waals surface area contributed by atoms with Crippen molar-refractivity contribution in [3.8, 4) is 0 Å². The number of pyridine rings is 3. The number of amides is 1. The number of carbonyl (C=O) groups excluding carboxylic acids is 1. The monoisotopic (exact) mass is 501 g/mol. The van der Waals surface area contributed by atoms with Gasteiger partial charge in [-0.2, -0.15) is 0 Å². The quantitative estimate of drug-likeness (QED) is 0.334. The highest BCUT2D eigenvalue weighted by atomic mass is 19.1. The number of anilines is 2. The molecule has 1 fully saturated rings. The summed E-state index contributed by atoms with van der Waals surface area (Å²) in [5.74, 6) is -0.797. The van der Waals surface area contributed by atoms with Crippen LogP contribution in [-0.4, -0.2) is 51.9 Å². The van der Waals surface area contributed by atoms with Crippen molar-refractivity contribution in [3.05, 3.63) is 93.9 Å². The van der Waals surface area contributed by atoms with Crippen LogP contribution in [0, 0.1) is 5.82 Å². The minimum atomic E-state index is -0.406. The van der Waals surface area contributed by atoms with Crippen molar-refractivity contribution >= 4 is 28.3 Å². The van der Waals surface area contributed by atoms with Gasteiger partial charge in [-0.1, -0.05) is 13.0 Å². The Kier molecular flexibility index (Phi) is 7.09. The third kappa shape index (κ3) is 5.75. The Bertz CT molecular complexity index is 1460. The Labute approximate surface area is 213 Å². The van der Waals surface area contributed by atoms with Crippen molar-refractivity contribution in [2.75, 3.05) is 36.5 Å². The molecule has 4 heterocycles. The number of aromatic amines is 1. The van der Waals surface area contributed by atoms with Gasteiger partial charge in [0.05, 0.1) is 28.6 Å². The Hall–Kier alpha value is -4.31. The molecule has 3 N–H and O–H groups in total. The molecule has 0 aliphatic carbocycles. The van der Waals surface area contributed by atoms with Gasteiger partial charge in [-0.3, -0.25) is 30.3 Å². The lowest BCUT2D eigenvalue weighted by molar-refractivity contribution is 0.0957. The highest BCUT2D eigenvalue weighted by Gasteiger charge is 2.19. The number of rotatable bonds is 7. The first-order chi connectivity index (χ1) is 18.0. The third-order valence-corrected chi connectivity index (χ3v) is 6.48. The summed E-state index contributed by atoms with van der Waals surface area (Å²) in [6, 6.07) is 13.3. The zero-order valence-corrected chi connectivity index (χ0v) is 20.5. The van der Waals surface area contributed by atoms with Crippen LogP contribution in [0.5, 0.6) is 0 Å². The highest BCUT2D eigenvalue weighted by Crippen LogP contribution is 2.18. The molecule has 0 unspecified atom stereocenters. The molecule has 37 heavy (non-hydrogen) atoms. The van der Waals surface area contributed by atoms with E-state index in [4.69, 9.17) is 0 Å². The Morgan fingerprint density at radius 2 is 1.89 bits per heavy atom. The fourth-order valence-electron chi connectivity index (χ4n) is 4.41. The molecule has 0 atom stereocenters. The number of hydrazine groups is 1. The summed E-state index contributed by atoms with van der Waals surface area (Å²) in [7, 11) is 0. The molecule has 4 aromatic rings. The zero-order valence-electron chi connectivity index (χ0n) is 20.5. The second-order valence-electron chi connectivity index (χ2n) is 9.01. The van der Waals surface area contributed by atoms with E-state index in [2.05, 4.69) is 35.6 Å². The number of nitrogens with zero attached hydrogens (tertiary/aromatic N) is 4. The van der Waals surface area contributed by atoms with E-state index in [0.29, 0.717) is 12.1 Å². The average Bonchev–Trinajstić information content (AvgIpc) is 2.92. The van der Waals surface area contributed by atoms with Gasteiger partial charge in [0.2, 0.25) is 0 Å². The topological polar surface area (TPSA) is 106 Å². The van der Waals surface area contributed by atoms with Crippen molar-refractivity contribution in [2.24, 2.45) is 0 Å². The molecule has 9 nitrogen and oxygen atoms in total. The third-order valence-electron chi connectivity index (χ3n) is 6.48. The number of hydrogen-bond acceptors (Lipinski definition) is 7. The van der Waals surface area contributed by atoms with Gasteiger partial charge in [-0.05, 0) is 54.4 Å². The summed E-state index contributed by atoms with van der Waals surface area (Å²) in [5, 5.41) is 0. The SMILES string of the molecule is CCc1cc2ncc(CN3CCN(c4ccc(C(=O)NNc5cccc(F)c5)nc4)CC3)cc2[nH]c1=O. The van der Waals surface area contributed by atoms with Gasteiger partial charge >= 0.3 is 0 Å². The van der Waals surface area contributed by atoms with Crippen LogP contribution in [0.1, 0.15) is 28.5 Å². The molecule has 0 radical (unpaired) electrons. The van der Waals surface area contributed by atoms with Crippen molar-refractivity contribution in [3.63, 3.8) is 0 Å². The normalized spacial score (nSPS) is 14.1. The highest BCUT2D eigenvalue weighted by molar-refractivity contribution is 5.93. The van der Waals surface area contributed by atoms with Gasteiger partial charge in [-0.15, -0.1) is 0 Å². The minimum absolute atomic E-state index is 0.0532. The maximum absolute atomic E-state index is 13.3. The maximum atomic E-state index is 13.3. The number of H-pyrrole nitrogens is 1. The molecule has 5 rings (SSSR count). The number of nitrogens with one attached hydrogen (secondary N) is 3. The smallest absolute Gasteiger partial charge is 0.288 e. The van der Waals surface area contributed by atoms with Gasteiger partial charge in [0, 0.05) is 44.5 Å². The molecule has 1 aliphatic heterocycles. The number of piperazine rings is 1. The maximum Gasteiger partial charge on any atom is 0.288 e. The fourth-order valence-corrected chi connectivity index (χ4v) is 4.41. The first kappa shape index (κ1) is 24.4. The molecule has 1 saturated heterocycles. The predicted octanol–water partition coefficient (Wildman–Crippen LogP) is 3.10. The lowest BCUT2D eigenvalue weighted by Gasteiger charge is -2.36. The standard InChI is InChI=1S/C27H28FN7O2/c1-2-19-13-24-25(31-26(19)36)12-18(15-29-24)17-34-8-10-35(11-9-34)22-6-7-23(30-16-22)27(37)33-32-21-5-3-4-20(28)14-21/h3-7,12-16,32H,2,8-11,17H2,1H3,(H,31,36)(H,33,37). The summed E-state index contributed by atoms with van der Waals surface area (Å²) in [6.45, 7) is 6.09. The van der Waals surface area contributed by atoms with Gasteiger partial charge < -0.3 is 9.88 Å². The van der Waals surface area contributed by atoms with Crippen LogP contribution < -0.4 is 21.3 Å². The number of carbonyl (C=O) groups is 1. The lowest BCUT2D eigenvalue weighted by atomic mass is 10.1. The van der Waals surface area contributed by atoms with Crippen LogP contribution >= 0.6 is 0 Å². The van der Waals surface area contributed by atoms with Crippen molar-refractivity contribution in [1.82, 2.24) is 25.3 Å². The molecule has 0 bridgehead atoms. The Morgan fingerprint density at radius 1 is 1.05 bits per heavy atom. The average molecular weight is 502 g/mol. The summed E-state index contributed by atoms with van der Waals surface area (Å²) in [5.41, 5.74) is 10.2. The van der Waals surface area contributed by atoms with Crippen LogP contribution in [0.25, 0.3) is 11.0 Å². The molecule has 10 heteroatoms. The van der Waals surface area contributed by atoms with E-state index in [-0.39, 0.29) is 11.3 Å². The molecular formula is C27H28FN7O2.